The van der Waals surface area contributed by atoms with Crippen molar-refractivity contribution >= 4 is 29.1 Å². The quantitative estimate of drug-likeness (QED) is 0.253. The maximum absolute atomic E-state index is 13.8. The van der Waals surface area contributed by atoms with Gasteiger partial charge >= 0.3 is 11.7 Å². The molecule has 10 nitrogen and oxygen atoms in total. The van der Waals surface area contributed by atoms with Crippen LogP contribution in [0.15, 0.2) is 63.5 Å². The highest BCUT2D eigenvalue weighted by Gasteiger charge is 2.35. The Morgan fingerprint density at radius 3 is 2.62 bits per heavy atom. The fourth-order valence-corrected chi connectivity index (χ4v) is 5.22. The first kappa shape index (κ1) is 25.8. The van der Waals surface area contributed by atoms with E-state index in [4.69, 9.17) is 14.2 Å². The summed E-state index contributed by atoms with van der Waals surface area (Å²) in [7, 11) is 1.35. The molecule has 192 valence electrons. The van der Waals surface area contributed by atoms with Crippen molar-refractivity contribution in [2.24, 2.45) is 4.99 Å². The Balaban J connectivity index is 1.96. The van der Waals surface area contributed by atoms with E-state index in [1.165, 1.54) is 23.8 Å². The number of nitro groups is 1. The first-order valence-corrected chi connectivity index (χ1v) is 12.4. The second-order valence-electron chi connectivity index (χ2n) is 7.96. The summed E-state index contributed by atoms with van der Waals surface area (Å²) < 4.78 is 18.0. The Morgan fingerprint density at radius 1 is 1.19 bits per heavy atom. The molecule has 3 aromatic rings. The van der Waals surface area contributed by atoms with Crippen LogP contribution in [-0.2, 0) is 9.53 Å². The highest BCUT2D eigenvalue weighted by molar-refractivity contribution is 7.07. The molecule has 0 fully saturated rings. The summed E-state index contributed by atoms with van der Waals surface area (Å²) in [4.78, 5) is 42.7. The number of aromatic nitrogens is 1. The van der Waals surface area contributed by atoms with Crippen LogP contribution in [0.3, 0.4) is 0 Å². The number of allylic oxidation sites excluding steroid dienone is 1. The minimum absolute atomic E-state index is 0.117. The average Bonchev–Trinajstić information content (AvgIpc) is 3.18. The largest absolute Gasteiger partial charge is 0.494 e. The van der Waals surface area contributed by atoms with Crippen LogP contribution in [0.1, 0.15) is 37.9 Å². The van der Waals surface area contributed by atoms with Gasteiger partial charge < -0.3 is 14.2 Å². The minimum Gasteiger partial charge on any atom is -0.494 e. The molecule has 0 amide bonds. The van der Waals surface area contributed by atoms with Crippen molar-refractivity contribution in [1.82, 2.24) is 4.57 Å². The predicted octanol–water partition coefficient (Wildman–Crippen LogP) is 3.11. The molecule has 0 saturated heterocycles. The Bertz CT molecular complexity index is 1590. The van der Waals surface area contributed by atoms with E-state index in [0.717, 1.165) is 11.3 Å². The number of esters is 1. The van der Waals surface area contributed by atoms with E-state index in [1.54, 1.807) is 38.1 Å². The van der Waals surface area contributed by atoms with Crippen molar-refractivity contribution in [3.63, 3.8) is 0 Å². The van der Waals surface area contributed by atoms with E-state index in [1.807, 2.05) is 19.1 Å². The lowest BCUT2D eigenvalue weighted by Crippen LogP contribution is -2.40. The number of hydrogen-bond donors (Lipinski definition) is 0. The third-order valence-corrected chi connectivity index (χ3v) is 6.71. The maximum atomic E-state index is 13.8. The Labute approximate surface area is 215 Å². The number of thiazole rings is 1. The molecule has 0 saturated carbocycles. The van der Waals surface area contributed by atoms with Gasteiger partial charge in [-0.3, -0.25) is 19.5 Å². The predicted molar refractivity (Wildman–Crippen MR) is 138 cm³/mol. The Kier molecular flexibility index (Phi) is 7.53. The second-order valence-corrected chi connectivity index (χ2v) is 8.97. The van der Waals surface area contributed by atoms with Crippen LogP contribution < -0.4 is 24.4 Å². The van der Waals surface area contributed by atoms with E-state index in [2.05, 4.69) is 4.99 Å². The van der Waals surface area contributed by atoms with Gasteiger partial charge in [0.05, 0.1) is 41.0 Å². The van der Waals surface area contributed by atoms with Crippen molar-refractivity contribution in [2.45, 2.75) is 26.8 Å². The lowest BCUT2D eigenvalue weighted by molar-refractivity contribution is -0.385. The molecule has 37 heavy (non-hydrogen) atoms. The molecule has 4 rings (SSSR count). The fraction of sp³-hybridized carbons (Fsp3) is 0.269. The summed E-state index contributed by atoms with van der Waals surface area (Å²) in [6.45, 7) is 5.82. The summed E-state index contributed by atoms with van der Waals surface area (Å²) in [5, 5.41) is 11.5. The van der Waals surface area contributed by atoms with Gasteiger partial charge in [-0.25, -0.2) is 9.79 Å². The van der Waals surface area contributed by atoms with Crippen molar-refractivity contribution < 1.29 is 23.9 Å². The van der Waals surface area contributed by atoms with Gasteiger partial charge in [0, 0.05) is 11.6 Å². The van der Waals surface area contributed by atoms with Crippen LogP contribution >= 0.6 is 11.3 Å². The molecule has 0 unspecified atom stereocenters. The number of carbonyl (C=O) groups is 1. The number of carbonyl (C=O) groups excluding carboxylic acids is 1. The molecule has 11 heteroatoms. The minimum atomic E-state index is -0.828. The van der Waals surface area contributed by atoms with Gasteiger partial charge in [0.15, 0.2) is 10.6 Å². The van der Waals surface area contributed by atoms with Crippen LogP contribution in [0.5, 0.6) is 11.5 Å². The SMILES string of the molecule is CCOC(=O)C1=C(C)N=c2s/c(=C\c3ccc(OC)c([N+](=O)[O-])c3)c(=O)n2[C@H]1c1ccccc1OCC. The number of para-hydroxylation sites is 1. The Hall–Kier alpha value is -4.25. The molecule has 0 spiro atoms. The second kappa shape index (κ2) is 10.8. The van der Waals surface area contributed by atoms with Gasteiger partial charge in [-0.2, -0.15) is 0 Å². The van der Waals surface area contributed by atoms with Gasteiger partial charge in [-0.15, -0.1) is 0 Å². The summed E-state index contributed by atoms with van der Waals surface area (Å²) in [6.07, 6.45) is 1.56. The van der Waals surface area contributed by atoms with Crippen molar-refractivity contribution in [1.29, 1.82) is 0 Å². The van der Waals surface area contributed by atoms with E-state index < -0.39 is 22.5 Å². The molecule has 0 aliphatic carbocycles. The number of nitrogens with zero attached hydrogens (tertiary/aromatic N) is 3. The van der Waals surface area contributed by atoms with E-state index in [-0.39, 0.29) is 23.6 Å². The molecule has 0 radical (unpaired) electrons. The lowest BCUT2D eigenvalue weighted by atomic mass is 9.95. The average molecular weight is 524 g/mol. The zero-order valence-electron chi connectivity index (χ0n) is 20.7. The summed E-state index contributed by atoms with van der Waals surface area (Å²) in [5.41, 5.74) is 1.14. The first-order valence-electron chi connectivity index (χ1n) is 11.5. The van der Waals surface area contributed by atoms with Crippen molar-refractivity contribution in [3.05, 3.63) is 94.7 Å². The lowest BCUT2D eigenvalue weighted by Gasteiger charge is -2.26. The highest BCUT2D eigenvalue weighted by atomic mass is 32.1. The van der Waals surface area contributed by atoms with Gasteiger partial charge in [0.25, 0.3) is 5.56 Å². The molecule has 1 aliphatic heterocycles. The third-order valence-electron chi connectivity index (χ3n) is 5.73. The van der Waals surface area contributed by atoms with Crippen molar-refractivity contribution in [3.8, 4) is 11.5 Å². The van der Waals surface area contributed by atoms with Crippen LogP contribution in [-0.4, -0.2) is 35.8 Å². The molecule has 1 atom stereocenters. The number of fused-ring (bicyclic) bond motifs is 1. The summed E-state index contributed by atoms with van der Waals surface area (Å²) in [6, 6.07) is 10.8. The molecular formula is C26H25N3O7S. The normalized spacial score (nSPS) is 15.1. The van der Waals surface area contributed by atoms with Crippen molar-refractivity contribution in [2.75, 3.05) is 20.3 Å². The Morgan fingerprint density at radius 2 is 1.95 bits per heavy atom. The molecule has 1 aliphatic rings. The van der Waals surface area contributed by atoms with Crippen LogP contribution in [0.25, 0.3) is 6.08 Å². The number of nitro benzene ring substituents is 1. The van der Waals surface area contributed by atoms with Gasteiger partial charge in [0.2, 0.25) is 0 Å². The van der Waals surface area contributed by atoms with Crippen LogP contribution in [0.2, 0.25) is 0 Å². The third kappa shape index (κ3) is 4.90. The number of rotatable bonds is 8. The van der Waals surface area contributed by atoms with Gasteiger partial charge in [-0.1, -0.05) is 35.6 Å². The standard InChI is InChI=1S/C26H25N3O7S/c1-5-35-19-10-8-7-9-17(19)23-22(25(31)36-6-2)15(3)27-26-28(23)24(30)21(37-26)14-16-11-12-20(34-4)18(13-16)29(32)33/h7-14,23H,5-6H2,1-4H3/b21-14-/t23-/m0/s1. The maximum Gasteiger partial charge on any atom is 0.338 e. The van der Waals surface area contributed by atoms with Crippen LogP contribution in [0.4, 0.5) is 5.69 Å². The molecule has 0 bridgehead atoms. The zero-order chi connectivity index (χ0) is 26.7. The zero-order valence-corrected chi connectivity index (χ0v) is 21.5. The molecule has 0 N–H and O–H groups in total. The number of ether oxygens (including phenoxy) is 3. The first-order chi connectivity index (χ1) is 17.8. The molecular weight excluding hydrogens is 498 g/mol. The number of hydrogen-bond acceptors (Lipinski definition) is 9. The molecule has 2 heterocycles. The van der Waals surface area contributed by atoms with Crippen LogP contribution in [0, 0.1) is 10.1 Å². The fourth-order valence-electron chi connectivity index (χ4n) is 4.17. The van der Waals surface area contributed by atoms with Gasteiger partial charge in [-0.05, 0) is 44.5 Å². The summed E-state index contributed by atoms with van der Waals surface area (Å²) >= 11 is 1.13. The van der Waals surface area contributed by atoms with Gasteiger partial charge in [0.1, 0.15) is 11.8 Å². The summed E-state index contributed by atoms with van der Waals surface area (Å²) in [5.74, 6) is 0.0813. The highest BCUT2D eigenvalue weighted by Crippen LogP contribution is 2.36. The molecule has 2 aromatic carbocycles. The van der Waals surface area contributed by atoms with E-state index in [0.29, 0.717) is 38.5 Å². The molecule has 1 aromatic heterocycles. The van der Waals surface area contributed by atoms with E-state index >= 15 is 0 Å². The monoisotopic (exact) mass is 523 g/mol. The smallest absolute Gasteiger partial charge is 0.338 e. The van der Waals surface area contributed by atoms with E-state index in [9.17, 15) is 19.7 Å². The number of benzene rings is 2. The number of methoxy groups -OCH3 is 1. The topological polar surface area (TPSA) is 122 Å².